The minimum atomic E-state index is 0.485. The standard InChI is InChI=1S/C4H6ClN3S/c1-8(2)4-6-3(5)9-7-4/h1-2H3. The molecule has 0 aliphatic rings. The Bertz CT molecular complexity index is 197. The number of nitrogens with zero attached hydrogens (tertiary/aromatic N) is 3. The molecule has 0 saturated carbocycles. The first kappa shape index (κ1) is 6.77. The maximum atomic E-state index is 5.52. The molecule has 50 valence electrons. The van der Waals surface area contributed by atoms with Crippen LogP contribution in [0.4, 0.5) is 5.95 Å². The third kappa shape index (κ3) is 1.53. The molecule has 0 fully saturated rings. The molecule has 0 atom stereocenters. The molecule has 1 heterocycles. The molecule has 1 rings (SSSR count). The van der Waals surface area contributed by atoms with Crippen molar-refractivity contribution in [3.63, 3.8) is 0 Å². The Kier molecular flexibility index (Phi) is 1.87. The first-order valence-corrected chi connectivity index (χ1v) is 3.52. The van der Waals surface area contributed by atoms with Crippen molar-refractivity contribution in [1.82, 2.24) is 9.36 Å². The monoisotopic (exact) mass is 163 g/mol. The van der Waals surface area contributed by atoms with E-state index < -0.39 is 0 Å². The topological polar surface area (TPSA) is 29.0 Å². The van der Waals surface area contributed by atoms with Crippen LogP contribution < -0.4 is 4.90 Å². The van der Waals surface area contributed by atoms with E-state index in [0.717, 1.165) is 0 Å². The number of aromatic nitrogens is 2. The fourth-order valence-electron chi connectivity index (χ4n) is 0.380. The maximum absolute atomic E-state index is 5.52. The Balaban J connectivity index is 2.85. The minimum Gasteiger partial charge on any atom is -0.346 e. The van der Waals surface area contributed by atoms with Crippen LogP contribution in [0.5, 0.6) is 0 Å². The number of hydrogen-bond donors (Lipinski definition) is 0. The van der Waals surface area contributed by atoms with Gasteiger partial charge in [-0.1, -0.05) is 0 Å². The molecule has 0 aliphatic heterocycles. The Hall–Kier alpha value is -0.350. The smallest absolute Gasteiger partial charge is 0.238 e. The molecule has 0 N–H and O–H groups in total. The Morgan fingerprint density at radius 2 is 2.22 bits per heavy atom. The summed E-state index contributed by atoms with van der Waals surface area (Å²) in [5.41, 5.74) is 0. The summed E-state index contributed by atoms with van der Waals surface area (Å²) < 4.78 is 4.42. The van der Waals surface area contributed by atoms with Crippen LogP contribution in [0.25, 0.3) is 0 Å². The molecule has 0 aromatic carbocycles. The molecule has 0 saturated heterocycles. The average Bonchev–Trinajstić information content (AvgIpc) is 2.14. The number of halogens is 1. The fraction of sp³-hybridized carbons (Fsp3) is 0.500. The van der Waals surface area contributed by atoms with Gasteiger partial charge in [0.15, 0.2) is 0 Å². The molecule has 1 aromatic heterocycles. The molecule has 0 spiro atoms. The third-order valence-corrected chi connectivity index (χ3v) is 1.58. The van der Waals surface area contributed by atoms with Crippen molar-refractivity contribution < 1.29 is 0 Å². The van der Waals surface area contributed by atoms with Crippen LogP contribution >= 0.6 is 23.1 Å². The van der Waals surface area contributed by atoms with Gasteiger partial charge in [0.2, 0.25) is 10.4 Å². The van der Waals surface area contributed by atoms with E-state index in [-0.39, 0.29) is 0 Å². The van der Waals surface area contributed by atoms with Crippen LogP contribution in [0.3, 0.4) is 0 Å². The summed E-state index contributed by atoms with van der Waals surface area (Å²) in [5.74, 6) is 0.671. The summed E-state index contributed by atoms with van der Waals surface area (Å²) in [6.07, 6.45) is 0. The predicted molar refractivity (Wildman–Crippen MR) is 39.2 cm³/mol. The SMILES string of the molecule is CN(C)c1nsc(Cl)n1. The molecule has 1 aromatic rings. The molecule has 0 amide bonds. The quantitative estimate of drug-likeness (QED) is 0.624. The molecule has 3 nitrogen and oxygen atoms in total. The largest absolute Gasteiger partial charge is 0.346 e. The summed E-state index contributed by atoms with van der Waals surface area (Å²) in [6, 6.07) is 0. The summed E-state index contributed by atoms with van der Waals surface area (Å²) in [7, 11) is 3.75. The van der Waals surface area contributed by atoms with Gasteiger partial charge in [-0.2, -0.15) is 9.36 Å². The zero-order valence-corrected chi connectivity index (χ0v) is 6.70. The Labute approximate surface area is 62.4 Å². The van der Waals surface area contributed by atoms with Crippen molar-refractivity contribution >= 4 is 29.1 Å². The van der Waals surface area contributed by atoms with Crippen LogP contribution in [0.15, 0.2) is 0 Å². The van der Waals surface area contributed by atoms with Crippen molar-refractivity contribution in [2.45, 2.75) is 0 Å². The molecular weight excluding hydrogens is 158 g/mol. The lowest BCUT2D eigenvalue weighted by atomic mass is 10.8. The van der Waals surface area contributed by atoms with Crippen LogP contribution in [0.1, 0.15) is 0 Å². The summed E-state index contributed by atoms with van der Waals surface area (Å²) >= 11 is 6.72. The van der Waals surface area contributed by atoms with Crippen molar-refractivity contribution in [2.75, 3.05) is 19.0 Å². The minimum absolute atomic E-state index is 0.485. The average molecular weight is 164 g/mol. The van der Waals surface area contributed by atoms with E-state index in [4.69, 9.17) is 11.6 Å². The van der Waals surface area contributed by atoms with Gasteiger partial charge >= 0.3 is 0 Å². The second-order valence-electron chi connectivity index (χ2n) is 1.74. The van der Waals surface area contributed by atoms with Crippen molar-refractivity contribution in [3.05, 3.63) is 4.47 Å². The van der Waals surface area contributed by atoms with Gasteiger partial charge < -0.3 is 4.90 Å². The van der Waals surface area contributed by atoms with Gasteiger partial charge in [-0.3, -0.25) is 0 Å². The lowest BCUT2D eigenvalue weighted by Gasteiger charge is -2.03. The van der Waals surface area contributed by atoms with E-state index in [1.165, 1.54) is 11.5 Å². The predicted octanol–water partition coefficient (Wildman–Crippen LogP) is 1.26. The van der Waals surface area contributed by atoms with Crippen LogP contribution in [0.2, 0.25) is 4.47 Å². The number of hydrogen-bond acceptors (Lipinski definition) is 4. The van der Waals surface area contributed by atoms with Gasteiger partial charge in [0, 0.05) is 25.6 Å². The normalized spacial score (nSPS) is 9.67. The lowest BCUT2D eigenvalue weighted by molar-refractivity contribution is 1.05. The first-order valence-electron chi connectivity index (χ1n) is 2.36. The molecule has 0 aliphatic carbocycles. The second-order valence-corrected chi connectivity index (χ2v) is 3.08. The summed E-state index contributed by atoms with van der Waals surface area (Å²) in [5, 5.41) is 0. The highest BCUT2D eigenvalue weighted by atomic mass is 35.5. The van der Waals surface area contributed by atoms with Gasteiger partial charge in [-0.15, -0.1) is 0 Å². The van der Waals surface area contributed by atoms with E-state index in [2.05, 4.69) is 9.36 Å². The van der Waals surface area contributed by atoms with E-state index in [0.29, 0.717) is 10.4 Å². The molecular formula is C4H6ClN3S. The van der Waals surface area contributed by atoms with Crippen molar-refractivity contribution in [2.24, 2.45) is 0 Å². The number of rotatable bonds is 1. The highest BCUT2D eigenvalue weighted by molar-refractivity contribution is 7.10. The Morgan fingerprint density at radius 1 is 1.56 bits per heavy atom. The van der Waals surface area contributed by atoms with E-state index in [9.17, 15) is 0 Å². The number of anilines is 1. The lowest BCUT2D eigenvalue weighted by Crippen LogP contribution is -2.09. The van der Waals surface area contributed by atoms with Gasteiger partial charge in [0.25, 0.3) is 0 Å². The summed E-state index contributed by atoms with van der Waals surface area (Å²) in [6.45, 7) is 0. The van der Waals surface area contributed by atoms with Gasteiger partial charge in [-0.05, 0) is 11.6 Å². The molecule has 9 heavy (non-hydrogen) atoms. The summed E-state index contributed by atoms with van der Waals surface area (Å²) in [4.78, 5) is 5.72. The molecule has 5 heteroatoms. The van der Waals surface area contributed by atoms with Crippen LogP contribution in [-0.4, -0.2) is 23.5 Å². The van der Waals surface area contributed by atoms with Crippen LogP contribution in [0, 0.1) is 0 Å². The highest BCUT2D eigenvalue weighted by Gasteiger charge is 2.00. The van der Waals surface area contributed by atoms with Crippen LogP contribution in [-0.2, 0) is 0 Å². The fourth-order valence-corrected chi connectivity index (χ4v) is 1.04. The molecule has 0 radical (unpaired) electrons. The zero-order chi connectivity index (χ0) is 6.85. The molecule has 0 unspecified atom stereocenters. The van der Waals surface area contributed by atoms with E-state index in [1.54, 1.807) is 0 Å². The molecule has 0 bridgehead atoms. The van der Waals surface area contributed by atoms with Gasteiger partial charge in [0.05, 0.1) is 0 Å². The third-order valence-electron chi connectivity index (χ3n) is 0.791. The van der Waals surface area contributed by atoms with Gasteiger partial charge in [-0.25, -0.2) is 0 Å². The highest BCUT2D eigenvalue weighted by Crippen LogP contribution is 2.14. The van der Waals surface area contributed by atoms with Crippen molar-refractivity contribution in [1.29, 1.82) is 0 Å². The first-order chi connectivity index (χ1) is 4.20. The van der Waals surface area contributed by atoms with E-state index in [1.807, 2.05) is 19.0 Å². The van der Waals surface area contributed by atoms with Gasteiger partial charge in [0.1, 0.15) is 0 Å². The van der Waals surface area contributed by atoms with Crippen molar-refractivity contribution in [3.8, 4) is 0 Å². The second kappa shape index (κ2) is 2.49. The zero-order valence-electron chi connectivity index (χ0n) is 5.13. The Morgan fingerprint density at radius 3 is 2.44 bits per heavy atom. The van der Waals surface area contributed by atoms with E-state index >= 15 is 0 Å². The maximum Gasteiger partial charge on any atom is 0.238 e.